The van der Waals surface area contributed by atoms with Crippen molar-refractivity contribution in [3.05, 3.63) is 46.4 Å². The van der Waals surface area contributed by atoms with E-state index in [1.165, 1.54) is 18.2 Å². The number of nitrogens with zero attached hydrogens (tertiary/aromatic N) is 4. The van der Waals surface area contributed by atoms with Gasteiger partial charge in [-0.1, -0.05) is 50.6 Å². The summed E-state index contributed by atoms with van der Waals surface area (Å²) in [5, 5.41) is 9.36. The highest BCUT2D eigenvalue weighted by Crippen LogP contribution is 2.39. The first-order chi connectivity index (χ1) is 13.0. The molecule has 3 atom stereocenters. The zero-order valence-electron chi connectivity index (χ0n) is 15.9. The normalized spacial score (nSPS) is 23.0. The van der Waals surface area contributed by atoms with Crippen molar-refractivity contribution in [2.24, 2.45) is 11.8 Å². The highest BCUT2D eigenvalue weighted by Gasteiger charge is 2.31. The number of thioether (sulfide) groups is 1. The Morgan fingerprint density at radius 1 is 1.22 bits per heavy atom. The van der Waals surface area contributed by atoms with Crippen molar-refractivity contribution in [1.29, 1.82) is 0 Å². The zero-order valence-corrected chi connectivity index (χ0v) is 16.7. The SMILES string of the molecule is Cc1nnc(CSc2nc3ccccc3c(=O)n2[C@@H]2CCC[C@H](C)[C@@H]2C)o1. The average molecular weight is 385 g/mol. The van der Waals surface area contributed by atoms with Crippen LogP contribution in [0.25, 0.3) is 10.9 Å². The van der Waals surface area contributed by atoms with Crippen LogP contribution in [0.4, 0.5) is 0 Å². The van der Waals surface area contributed by atoms with E-state index >= 15 is 0 Å². The van der Waals surface area contributed by atoms with Gasteiger partial charge in [0.25, 0.3) is 5.56 Å². The molecule has 6 nitrogen and oxygen atoms in total. The topological polar surface area (TPSA) is 73.8 Å². The van der Waals surface area contributed by atoms with Gasteiger partial charge in [0.15, 0.2) is 5.16 Å². The van der Waals surface area contributed by atoms with Crippen molar-refractivity contribution in [3.63, 3.8) is 0 Å². The molecule has 0 aliphatic heterocycles. The fourth-order valence-electron chi connectivity index (χ4n) is 3.96. The number of rotatable bonds is 4. The Morgan fingerprint density at radius 2 is 2.04 bits per heavy atom. The summed E-state index contributed by atoms with van der Waals surface area (Å²) in [6.45, 7) is 6.31. The van der Waals surface area contributed by atoms with Gasteiger partial charge in [-0.05, 0) is 30.4 Å². The molecule has 0 unspecified atom stereocenters. The monoisotopic (exact) mass is 384 g/mol. The molecule has 1 aliphatic carbocycles. The van der Waals surface area contributed by atoms with E-state index in [2.05, 4.69) is 24.0 Å². The largest absolute Gasteiger partial charge is 0.425 e. The van der Waals surface area contributed by atoms with Crippen molar-refractivity contribution >= 4 is 22.7 Å². The molecule has 27 heavy (non-hydrogen) atoms. The molecule has 7 heteroatoms. The van der Waals surface area contributed by atoms with Crippen LogP contribution in [0.5, 0.6) is 0 Å². The van der Waals surface area contributed by atoms with Crippen LogP contribution >= 0.6 is 11.8 Å². The molecule has 1 fully saturated rings. The highest BCUT2D eigenvalue weighted by molar-refractivity contribution is 7.98. The molecule has 4 rings (SSSR count). The third-order valence-electron chi connectivity index (χ3n) is 5.66. The summed E-state index contributed by atoms with van der Waals surface area (Å²) in [5.41, 5.74) is 0.787. The average Bonchev–Trinajstić information content (AvgIpc) is 3.08. The summed E-state index contributed by atoms with van der Waals surface area (Å²) in [5.74, 6) is 2.63. The summed E-state index contributed by atoms with van der Waals surface area (Å²) < 4.78 is 7.42. The van der Waals surface area contributed by atoms with E-state index < -0.39 is 0 Å². The van der Waals surface area contributed by atoms with Crippen LogP contribution in [0.1, 0.15) is 50.9 Å². The maximum atomic E-state index is 13.4. The van der Waals surface area contributed by atoms with Gasteiger partial charge in [0.1, 0.15) is 0 Å². The lowest BCUT2D eigenvalue weighted by Gasteiger charge is -2.36. The molecule has 2 heterocycles. The molecule has 2 aromatic heterocycles. The number of aryl methyl sites for hydroxylation is 1. The second kappa shape index (κ2) is 7.46. The summed E-state index contributed by atoms with van der Waals surface area (Å²) in [6.07, 6.45) is 3.37. The molecule has 1 saturated carbocycles. The van der Waals surface area contributed by atoms with Gasteiger partial charge in [-0.3, -0.25) is 9.36 Å². The van der Waals surface area contributed by atoms with Crippen molar-refractivity contribution in [3.8, 4) is 0 Å². The van der Waals surface area contributed by atoms with Crippen LogP contribution in [-0.4, -0.2) is 19.7 Å². The van der Waals surface area contributed by atoms with Gasteiger partial charge >= 0.3 is 0 Å². The maximum Gasteiger partial charge on any atom is 0.262 e. The Bertz CT molecular complexity index is 1010. The Hall–Kier alpha value is -2.15. The molecule has 0 radical (unpaired) electrons. The van der Waals surface area contributed by atoms with Crippen LogP contribution in [0.2, 0.25) is 0 Å². The minimum Gasteiger partial charge on any atom is -0.425 e. The number of aromatic nitrogens is 4. The molecular formula is C20H24N4O2S. The molecule has 142 valence electrons. The summed E-state index contributed by atoms with van der Waals surface area (Å²) in [7, 11) is 0. The number of benzene rings is 1. The maximum absolute atomic E-state index is 13.4. The number of fused-ring (bicyclic) bond motifs is 1. The molecule has 0 N–H and O–H groups in total. The summed E-state index contributed by atoms with van der Waals surface area (Å²) in [4.78, 5) is 18.2. The Kier molecular flexibility index (Phi) is 5.04. The second-order valence-electron chi connectivity index (χ2n) is 7.42. The fraction of sp³-hybridized carbons (Fsp3) is 0.500. The molecule has 1 aromatic carbocycles. The lowest BCUT2D eigenvalue weighted by atomic mass is 9.78. The molecule has 0 bridgehead atoms. The minimum atomic E-state index is 0.0516. The predicted octanol–water partition coefficient (Wildman–Crippen LogP) is 4.38. The molecule has 0 saturated heterocycles. The van der Waals surface area contributed by atoms with Gasteiger partial charge in [0.05, 0.1) is 16.7 Å². The third kappa shape index (κ3) is 3.52. The Morgan fingerprint density at radius 3 is 2.81 bits per heavy atom. The van der Waals surface area contributed by atoms with Crippen LogP contribution in [0.15, 0.2) is 38.6 Å². The number of para-hydroxylation sites is 1. The first kappa shape index (κ1) is 18.2. The van der Waals surface area contributed by atoms with E-state index in [9.17, 15) is 4.79 Å². The van der Waals surface area contributed by atoms with Gasteiger partial charge in [-0.25, -0.2) is 4.98 Å². The molecule has 0 spiro atoms. The quantitative estimate of drug-likeness (QED) is 0.491. The second-order valence-corrected chi connectivity index (χ2v) is 8.37. The lowest BCUT2D eigenvalue weighted by Crippen LogP contribution is -2.35. The van der Waals surface area contributed by atoms with E-state index in [1.54, 1.807) is 6.92 Å². The molecular weight excluding hydrogens is 360 g/mol. The highest BCUT2D eigenvalue weighted by atomic mass is 32.2. The van der Waals surface area contributed by atoms with Crippen molar-refractivity contribution in [1.82, 2.24) is 19.7 Å². The fourth-order valence-corrected chi connectivity index (χ4v) is 4.85. The Balaban J connectivity index is 1.78. The predicted molar refractivity (Wildman–Crippen MR) is 106 cm³/mol. The van der Waals surface area contributed by atoms with Gasteiger partial charge in [-0.2, -0.15) is 0 Å². The van der Waals surface area contributed by atoms with E-state index in [-0.39, 0.29) is 11.6 Å². The number of hydrogen-bond donors (Lipinski definition) is 0. The summed E-state index contributed by atoms with van der Waals surface area (Å²) >= 11 is 1.49. The lowest BCUT2D eigenvalue weighted by molar-refractivity contribution is 0.173. The minimum absolute atomic E-state index is 0.0516. The molecule has 0 amide bonds. The van der Waals surface area contributed by atoms with Crippen molar-refractivity contribution < 1.29 is 4.42 Å². The van der Waals surface area contributed by atoms with Crippen LogP contribution < -0.4 is 5.56 Å². The van der Waals surface area contributed by atoms with Crippen LogP contribution in [0, 0.1) is 18.8 Å². The van der Waals surface area contributed by atoms with E-state index in [0.717, 1.165) is 23.5 Å². The van der Waals surface area contributed by atoms with E-state index in [4.69, 9.17) is 9.40 Å². The molecule has 3 aromatic rings. The summed E-state index contributed by atoms with van der Waals surface area (Å²) in [6, 6.07) is 7.75. The van der Waals surface area contributed by atoms with Gasteiger partial charge in [-0.15, -0.1) is 10.2 Å². The van der Waals surface area contributed by atoms with Gasteiger partial charge in [0, 0.05) is 13.0 Å². The van der Waals surface area contributed by atoms with Gasteiger partial charge in [0.2, 0.25) is 11.8 Å². The smallest absolute Gasteiger partial charge is 0.262 e. The van der Waals surface area contributed by atoms with Crippen LogP contribution in [-0.2, 0) is 5.75 Å². The standard InChI is InChI=1S/C20H24N4O2S/c1-12-7-6-10-17(13(12)2)24-19(25)15-8-4-5-9-16(15)21-20(24)27-11-18-23-22-14(3)26-18/h4-5,8-9,12-13,17H,6-7,10-11H2,1-3H3/t12-,13-,17+/m0/s1. The molecule has 1 aliphatic rings. The van der Waals surface area contributed by atoms with E-state index in [1.807, 2.05) is 28.8 Å². The van der Waals surface area contributed by atoms with Crippen molar-refractivity contribution in [2.75, 3.05) is 0 Å². The zero-order chi connectivity index (χ0) is 19.0. The first-order valence-electron chi connectivity index (χ1n) is 9.47. The van der Waals surface area contributed by atoms with Crippen molar-refractivity contribution in [2.45, 2.75) is 57.0 Å². The Labute approximate surface area is 162 Å². The first-order valence-corrected chi connectivity index (χ1v) is 10.5. The third-order valence-corrected chi connectivity index (χ3v) is 6.60. The van der Waals surface area contributed by atoms with E-state index in [0.29, 0.717) is 34.8 Å². The van der Waals surface area contributed by atoms with Gasteiger partial charge < -0.3 is 4.42 Å². The van der Waals surface area contributed by atoms with Crippen LogP contribution in [0.3, 0.4) is 0 Å². The number of hydrogen-bond acceptors (Lipinski definition) is 6.